The molecule has 0 aliphatic carbocycles. The van der Waals surface area contributed by atoms with Crippen molar-refractivity contribution in [3.05, 3.63) is 71.3 Å². The Morgan fingerprint density at radius 3 is 1.76 bits per heavy atom. The molecule has 0 spiro atoms. The number of rotatable bonds is 6. The van der Waals surface area contributed by atoms with Gasteiger partial charge in [0, 0.05) is 26.2 Å². The van der Waals surface area contributed by atoms with Crippen LogP contribution in [0.4, 0.5) is 8.78 Å². The minimum Gasteiger partial charge on any atom is -0.339 e. The molecular formula is C23H29F2N3O. The lowest BCUT2D eigenvalue weighted by atomic mass is 9.96. The lowest BCUT2D eigenvalue weighted by molar-refractivity contribution is -0.135. The first kappa shape index (κ1) is 21.4. The quantitative estimate of drug-likeness (QED) is 0.805. The van der Waals surface area contributed by atoms with Crippen molar-refractivity contribution in [3.63, 3.8) is 0 Å². The molecule has 0 aromatic heterocycles. The van der Waals surface area contributed by atoms with Gasteiger partial charge in [0.2, 0.25) is 5.91 Å². The van der Waals surface area contributed by atoms with Crippen molar-refractivity contribution in [2.24, 2.45) is 11.7 Å². The smallest absolute Gasteiger partial charge is 0.239 e. The topological polar surface area (TPSA) is 49.6 Å². The number of carbonyl (C=O) groups excluding carboxylic acids is 1. The summed E-state index contributed by atoms with van der Waals surface area (Å²) >= 11 is 0. The van der Waals surface area contributed by atoms with Gasteiger partial charge in [0.1, 0.15) is 11.6 Å². The minimum atomic E-state index is -0.466. The monoisotopic (exact) mass is 401 g/mol. The molecule has 1 saturated heterocycles. The van der Waals surface area contributed by atoms with Gasteiger partial charge in [-0.25, -0.2) is 8.78 Å². The van der Waals surface area contributed by atoms with Gasteiger partial charge in [-0.05, 0) is 47.7 Å². The van der Waals surface area contributed by atoms with E-state index in [1.807, 2.05) is 4.90 Å². The molecular weight excluding hydrogens is 372 g/mol. The molecule has 1 aliphatic heterocycles. The zero-order valence-electron chi connectivity index (χ0n) is 17.0. The summed E-state index contributed by atoms with van der Waals surface area (Å²) in [5.41, 5.74) is 7.96. The number of hydrogen-bond acceptors (Lipinski definition) is 3. The van der Waals surface area contributed by atoms with Crippen molar-refractivity contribution < 1.29 is 13.6 Å². The lowest BCUT2D eigenvalue weighted by Gasteiger charge is -2.40. The third-order valence-corrected chi connectivity index (χ3v) is 5.41. The van der Waals surface area contributed by atoms with Gasteiger partial charge in [0.25, 0.3) is 0 Å². The van der Waals surface area contributed by atoms with Gasteiger partial charge in [-0.3, -0.25) is 9.69 Å². The van der Waals surface area contributed by atoms with E-state index in [1.54, 1.807) is 24.3 Å². The van der Waals surface area contributed by atoms with Crippen molar-refractivity contribution >= 4 is 5.91 Å². The lowest BCUT2D eigenvalue weighted by Crippen LogP contribution is -2.54. The summed E-state index contributed by atoms with van der Waals surface area (Å²) in [6.45, 7) is 6.62. The number of amides is 1. The Labute approximate surface area is 171 Å². The van der Waals surface area contributed by atoms with Crippen LogP contribution in [-0.4, -0.2) is 47.9 Å². The molecule has 1 unspecified atom stereocenters. The third kappa shape index (κ3) is 5.40. The van der Waals surface area contributed by atoms with Crippen molar-refractivity contribution in [2.75, 3.05) is 26.2 Å². The van der Waals surface area contributed by atoms with E-state index in [4.69, 9.17) is 5.73 Å². The maximum atomic E-state index is 13.4. The Balaban J connectivity index is 1.75. The van der Waals surface area contributed by atoms with Gasteiger partial charge in [0.05, 0.1) is 12.1 Å². The second-order valence-electron chi connectivity index (χ2n) is 8.10. The molecule has 1 amide bonds. The SMILES string of the molecule is CC(C)CC(N)C(=O)N1CCN(C(c2ccc(F)cc2)c2ccc(F)cc2)CC1. The summed E-state index contributed by atoms with van der Waals surface area (Å²) in [4.78, 5) is 16.7. The molecule has 29 heavy (non-hydrogen) atoms. The van der Waals surface area contributed by atoms with Crippen molar-refractivity contribution in [1.29, 1.82) is 0 Å². The van der Waals surface area contributed by atoms with Crippen LogP contribution in [0.2, 0.25) is 0 Å². The number of halogens is 2. The van der Waals surface area contributed by atoms with E-state index < -0.39 is 6.04 Å². The van der Waals surface area contributed by atoms with Crippen LogP contribution in [0, 0.1) is 17.6 Å². The molecule has 2 aromatic carbocycles. The molecule has 156 valence electrons. The van der Waals surface area contributed by atoms with Gasteiger partial charge in [-0.2, -0.15) is 0 Å². The van der Waals surface area contributed by atoms with Crippen LogP contribution < -0.4 is 5.73 Å². The molecule has 2 N–H and O–H groups in total. The molecule has 0 bridgehead atoms. The van der Waals surface area contributed by atoms with E-state index >= 15 is 0 Å². The predicted molar refractivity (Wildman–Crippen MR) is 110 cm³/mol. The maximum Gasteiger partial charge on any atom is 0.239 e. The fourth-order valence-corrected chi connectivity index (χ4v) is 3.95. The highest BCUT2D eigenvalue weighted by molar-refractivity contribution is 5.81. The minimum absolute atomic E-state index is 0.00142. The fraction of sp³-hybridized carbons (Fsp3) is 0.435. The predicted octanol–water partition coefficient (Wildman–Crippen LogP) is 3.57. The number of benzene rings is 2. The van der Waals surface area contributed by atoms with Crippen LogP contribution in [0.1, 0.15) is 37.4 Å². The molecule has 6 heteroatoms. The number of piperazine rings is 1. The Kier molecular flexibility index (Phi) is 6.98. The first-order chi connectivity index (χ1) is 13.8. The molecule has 0 radical (unpaired) electrons. The van der Waals surface area contributed by atoms with Crippen molar-refractivity contribution in [1.82, 2.24) is 9.80 Å². The fourth-order valence-electron chi connectivity index (χ4n) is 3.95. The average molecular weight is 402 g/mol. The molecule has 1 fully saturated rings. The summed E-state index contributed by atoms with van der Waals surface area (Å²) < 4.78 is 26.9. The summed E-state index contributed by atoms with van der Waals surface area (Å²) in [5, 5.41) is 0. The average Bonchev–Trinajstić information content (AvgIpc) is 2.70. The van der Waals surface area contributed by atoms with Crippen LogP contribution in [-0.2, 0) is 4.79 Å². The maximum absolute atomic E-state index is 13.4. The Morgan fingerprint density at radius 1 is 0.897 bits per heavy atom. The van der Waals surface area contributed by atoms with E-state index in [0.717, 1.165) is 11.1 Å². The summed E-state index contributed by atoms with van der Waals surface area (Å²) in [6, 6.07) is 12.2. The number of hydrogen-bond donors (Lipinski definition) is 1. The van der Waals surface area contributed by atoms with Crippen LogP contribution in [0.5, 0.6) is 0 Å². The van der Waals surface area contributed by atoms with Crippen LogP contribution in [0.25, 0.3) is 0 Å². The number of nitrogens with two attached hydrogens (primary N) is 1. The zero-order valence-corrected chi connectivity index (χ0v) is 17.0. The van der Waals surface area contributed by atoms with Gasteiger partial charge in [-0.15, -0.1) is 0 Å². The highest BCUT2D eigenvalue weighted by atomic mass is 19.1. The molecule has 1 heterocycles. The van der Waals surface area contributed by atoms with Gasteiger partial charge < -0.3 is 10.6 Å². The third-order valence-electron chi connectivity index (χ3n) is 5.41. The molecule has 1 atom stereocenters. The molecule has 4 nitrogen and oxygen atoms in total. The first-order valence-electron chi connectivity index (χ1n) is 10.1. The standard InChI is InChI=1S/C23H29F2N3O/c1-16(2)15-21(26)23(29)28-13-11-27(12-14-28)22(17-3-7-19(24)8-4-17)18-5-9-20(25)10-6-18/h3-10,16,21-22H,11-15,26H2,1-2H3. The van der Waals surface area contributed by atoms with Crippen LogP contribution >= 0.6 is 0 Å². The first-order valence-corrected chi connectivity index (χ1v) is 10.1. The van der Waals surface area contributed by atoms with Crippen molar-refractivity contribution in [3.8, 4) is 0 Å². The second kappa shape index (κ2) is 9.46. The number of nitrogens with zero attached hydrogens (tertiary/aromatic N) is 2. The van der Waals surface area contributed by atoms with Crippen LogP contribution in [0.15, 0.2) is 48.5 Å². The largest absolute Gasteiger partial charge is 0.339 e. The van der Waals surface area contributed by atoms with Gasteiger partial charge in [-0.1, -0.05) is 38.1 Å². The number of carbonyl (C=O) groups is 1. The summed E-state index contributed by atoms with van der Waals surface area (Å²) in [6.07, 6.45) is 0.673. The summed E-state index contributed by atoms with van der Waals surface area (Å²) in [7, 11) is 0. The molecule has 1 aliphatic rings. The second-order valence-corrected chi connectivity index (χ2v) is 8.10. The normalized spacial score (nSPS) is 16.4. The van der Waals surface area contributed by atoms with Crippen LogP contribution in [0.3, 0.4) is 0 Å². The highest BCUT2D eigenvalue weighted by Crippen LogP contribution is 2.30. The van der Waals surface area contributed by atoms with Gasteiger partial charge in [0.15, 0.2) is 0 Å². The van der Waals surface area contributed by atoms with Crippen molar-refractivity contribution in [2.45, 2.75) is 32.4 Å². The Bertz CT molecular complexity index is 754. The highest BCUT2D eigenvalue weighted by Gasteiger charge is 2.30. The Hall–Kier alpha value is -2.31. The molecule has 2 aromatic rings. The van der Waals surface area contributed by atoms with E-state index in [-0.39, 0.29) is 23.6 Å². The van der Waals surface area contributed by atoms with E-state index in [0.29, 0.717) is 38.5 Å². The molecule has 0 saturated carbocycles. The van der Waals surface area contributed by atoms with E-state index in [1.165, 1.54) is 24.3 Å². The van der Waals surface area contributed by atoms with E-state index in [9.17, 15) is 13.6 Å². The summed E-state index contributed by atoms with van der Waals surface area (Å²) in [5.74, 6) is -0.211. The Morgan fingerprint density at radius 2 is 1.34 bits per heavy atom. The van der Waals surface area contributed by atoms with Gasteiger partial charge >= 0.3 is 0 Å². The molecule has 3 rings (SSSR count). The van der Waals surface area contributed by atoms with E-state index in [2.05, 4.69) is 18.7 Å². The zero-order chi connectivity index (χ0) is 21.0.